The van der Waals surface area contributed by atoms with E-state index in [1.807, 2.05) is 25.1 Å². The maximum atomic E-state index is 10.3. The highest BCUT2D eigenvalue weighted by Gasteiger charge is 2.23. The van der Waals surface area contributed by atoms with Crippen LogP contribution in [0.1, 0.15) is 51.3 Å². The van der Waals surface area contributed by atoms with Gasteiger partial charge in [0, 0.05) is 6.04 Å². The molecule has 2 atom stereocenters. The Bertz CT molecular complexity index is 427. The lowest BCUT2D eigenvalue weighted by molar-refractivity contribution is 0.143. The maximum Gasteiger partial charge on any atom is 0.123 e. The lowest BCUT2D eigenvalue weighted by Gasteiger charge is -2.26. The molecule has 0 fully saturated rings. The first kappa shape index (κ1) is 17.0. The van der Waals surface area contributed by atoms with Crippen LogP contribution in [-0.2, 0) is 5.41 Å². The van der Waals surface area contributed by atoms with E-state index in [1.54, 1.807) is 0 Å². The van der Waals surface area contributed by atoms with Gasteiger partial charge in [0.05, 0.1) is 12.7 Å². The van der Waals surface area contributed by atoms with Crippen LogP contribution in [0.5, 0.6) is 5.75 Å². The van der Waals surface area contributed by atoms with Crippen molar-refractivity contribution in [1.29, 1.82) is 0 Å². The van der Waals surface area contributed by atoms with Crippen LogP contribution in [0.2, 0.25) is 0 Å². The van der Waals surface area contributed by atoms with Crippen LogP contribution in [0.25, 0.3) is 0 Å². The highest BCUT2D eigenvalue weighted by atomic mass is 16.5. The van der Waals surface area contributed by atoms with Crippen LogP contribution >= 0.6 is 0 Å². The van der Waals surface area contributed by atoms with Crippen molar-refractivity contribution in [2.75, 3.05) is 13.2 Å². The average molecular weight is 280 g/mol. The van der Waals surface area contributed by atoms with Gasteiger partial charge in [0.15, 0.2) is 0 Å². The maximum absolute atomic E-state index is 10.3. The summed E-state index contributed by atoms with van der Waals surface area (Å²) in [6.45, 7) is 9.44. The van der Waals surface area contributed by atoms with E-state index in [4.69, 9.17) is 16.2 Å². The van der Waals surface area contributed by atoms with E-state index in [0.717, 1.165) is 16.9 Å². The Morgan fingerprint density at radius 3 is 2.45 bits per heavy atom. The van der Waals surface area contributed by atoms with Crippen molar-refractivity contribution in [2.45, 2.75) is 51.7 Å². The van der Waals surface area contributed by atoms with Gasteiger partial charge in [0.2, 0.25) is 0 Å². The number of hydrogen-bond donors (Lipinski definition) is 3. The van der Waals surface area contributed by atoms with Crippen molar-refractivity contribution in [3.63, 3.8) is 0 Å². The van der Waals surface area contributed by atoms with E-state index < -0.39 is 6.10 Å². The van der Waals surface area contributed by atoms with Gasteiger partial charge in [-0.05, 0) is 48.6 Å². The van der Waals surface area contributed by atoms with Gasteiger partial charge < -0.3 is 21.3 Å². The summed E-state index contributed by atoms with van der Waals surface area (Å²) in [4.78, 5) is 0. The number of aliphatic hydroxyl groups excluding tert-OH is 1. The van der Waals surface area contributed by atoms with Gasteiger partial charge in [-0.1, -0.05) is 26.8 Å². The topological polar surface area (TPSA) is 81.5 Å². The predicted molar refractivity (Wildman–Crippen MR) is 82.9 cm³/mol. The number of rotatable bonds is 6. The molecule has 0 radical (unpaired) electrons. The molecule has 0 saturated heterocycles. The normalized spacial score (nSPS) is 14.9. The van der Waals surface area contributed by atoms with Gasteiger partial charge in [0.1, 0.15) is 5.75 Å². The largest absolute Gasteiger partial charge is 0.494 e. The Morgan fingerprint density at radius 1 is 1.30 bits per heavy atom. The van der Waals surface area contributed by atoms with Crippen molar-refractivity contribution in [3.8, 4) is 5.75 Å². The van der Waals surface area contributed by atoms with Crippen molar-refractivity contribution < 1.29 is 9.84 Å². The van der Waals surface area contributed by atoms with E-state index >= 15 is 0 Å². The molecule has 1 aromatic rings. The molecule has 0 aliphatic rings. The first-order valence-electron chi connectivity index (χ1n) is 7.22. The summed E-state index contributed by atoms with van der Waals surface area (Å²) in [5.74, 6) is 0.864. The lowest BCUT2D eigenvalue weighted by atomic mass is 9.84. The lowest BCUT2D eigenvalue weighted by Crippen LogP contribution is -2.31. The van der Waals surface area contributed by atoms with Crippen LogP contribution in [0.15, 0.2) is 18.2 Å². The first-order valence-corrected chi connectivity index (χ1v) is 7.22. The first-order chi connectivity index (χ1) is 9.31. The van der Waals surface area contributed by atoms with Crippen molar-refractivity contribution in [1.82, 2.24) is 0 Å². The number of benzene rings is 1. The second kappa shape index (κ2) is 7.07. The third-order valence-corrected chi connectivity index (χ3v) is 3.36. The van der Waals surface area contributed by atoms with Crippen molar-refractivity contribution in [3.05, 3.63) is 29.3 Å². The zero-order valence-electron chi connectivity index (χ0n) is 13.0. The zero-order chi connectivity index (χ0) is 15.3. The second-order valence-corrected chi connectivity index (χ2v) is 6.12. The summed E-state index contributed by atoms with van der Waals surface area (Å²) in [7, 11) is 0. The third kappa shape index (κ3) is 4.20. The van der Waals surface area contributed by atoms with Crippen molar-refractivity contribution in [2.24, 2.45) is 11.5 Å². The van der Waals surface area contributed by atoms with E-state index in [0.29, 0.717) is 19.6 Å². The third-order valence-electron chi connectivity index (χ3n) is 3.36. The van der Waals surface area contributed by atoms with Crippen LogP contribution in [0.4, 0.5) is 0 Å². The molecule has 0 aliphatic heterocycles. The Kier molecular flexibility index (Phi) is 5.99. The Morgan fingerprint density at radius 2 is 1.95 bits per heavy atom. The molecular formula is C16H28N2O2. The quantitative estimate of drug-likeness (QED) is 0.745. The van der Waals surface area contributed by atoms with Crippen LogP contribution in [0.3, 0.4) is 0 Å². The van der Waals surface area contributed by atoms with Gasteiger partial charge in [-0.2, -0.15) is 0 Å². The van der Waals surface area contributed by atoms with Gasteiger partial charge in [-0.3, -0.25) is 0 Å². The van der Waals surface area contributed by atoms with E-state index in [1.165, 1.54) is 0 Å². The molecule has 0 aromatic heterocycles. The zero-order valence-corrected chi connectivity index (χ0v) is 13.0. The van der Waals surface area contributed by atoms with Crippen molar-refractivity contribution >= 4 is 0 Å². The van der Waals surface area contributed by atoms with E-state index in [-0.39, 0.29) is 11.5 Å². The predicted octanol–water partition coefficient (Wildman–Crippen LogP) is 2.09. The summed E-state index contributed by atoms with van der Waals surface area (Å²) in [6.07, 6.45) is -0.102. The van der Waals surface area contributed by atoms with Crippen LogP contribution in [-0.4, -0.2) is 24.3 Å². The second-order valence-electron chi connectivity index (χ2n) is 6.12. The number of ether oxygens (including phenoxy) is 1. The molecule has 4 nitrogen and oxygen atoms in total. The molecule has 0 bridgehead atoms. The van der Waals surface area contributed by atoms with E-state index in [9.17, 15) is 5.11 Å². The SMILES string of the molecule is CCOc1ccc(C(O)C(N)CCN)cc1C(C)(C)C. The molecule has 2 unspecified atom stereocenters. The molecule has 0 saturated carbocycles. The van der Waals surface area contributed by atoms with Gasteiger partial charge in [0.25, 0.3) is 0 Å². The molecule has 5 N–H and O–H groups in total. The number of nitrogens with two attached hydrogens (primary N) is 2. The highest BCUT2D eigenvalue weighted by molar-refractivity contribution is 5.42. The molecule has 0 aliphatic carbocycles. The molecule has 4 heteroatoms. The minimum atomic E-state index is -0.699. The molecule has 0 spiro atoms. The fourth-order valence-corrected chi connectivity index (χ4v) is 2.20. The van der Waals surface area contributed by atoms with Crippen LogP contribution < -0.4 is 16.2 Å². The summed E-state index contributed by atoms with van der Waals surface area (Å²) >= 11 is 0. The van der Waals surface area contributed by atoms with Gasteiger partial charge in [-0.25, -0.2) is 0 Å². The Balaban J connectivity index is 3.12. The summed E-state index contributed by atoms with van der Waals surface area (Å²) in [6, 6.07) is 5.44. The minimum absolute atomic E-state index is 0.0573. The van der Waals surface area contributed by atoms with E-state index in [2.05, 4.69) is 20.8 Å². The molecular weight excluding hydrogens is 252 g/mol. The smallest absolute Gasteiger partial charge is 0.123 e. The standard InChI is InChI=1S/C16H28N2O2/c1-5-20-14-7-6-11(10-12(14)16(2,3)4)15(19)13(18)8-9-17/h6-7,10,13,15,19H,5,8-9,17-18H2,1-4H3. The van der Waals surface area contributed by atoms with Gasteiger partial charge >= 0.3 is 0 Å². The molecule has 0 heterocycles. The average Bonchev–Trinajstić information content (AvgIpc) is 2.37. The fourth-order valence-electron chi connectivity index (χ4n) is 2.20. The minimum Gasteiger partial charge on any atom is -0.494 e. The molecule has 1 aromatic carbocycles. The fraction of sp³-hybridized carbons (Fsp3) is 0.625. The number of aliphatic hydroxyl groups is 1. The molecule has 20 heavy (non-hydrogen) atoms. The monoisotopic (exact) mass is 280 g/mol. The molecule has 0 amide bonds. The van der Waals surface area contributed by atoms with Gasteiger partial charge in [-0.15, -0.1) is 0 Å². The Labute approximate surface area is 122 Å². The Hall–Kier alpha value is -1.10. The number of hydrogen-bond acceptors (Lipinski definition) is 4. The van der Waals surface area contributed by atoms with Crippen LogP contribution in [0, 0.1) is 0 Å². The summed E-state index contributed by atoms with van der Waals surface area (Å²) in [5, 5.41) is 10.3. The summed E-state index contributed by atoms with van der Waals surface area (Å²) < 4.78 is 5.67. The highest BCUT2D eigenvalue weighted by Crippen LogP contribution is 2.34. The molecule has 1 rings (SSSR count). The summed E-state index contributed by atoms with van der Waals surface area (Å²) in [5.41, 5.74) is 13.3. The molecule has 114 valence electrons.